The van der Waals surface area contributed by atoms with Gasteiger partial charge in [0.25, 0.3) is 0 Å². The van der Waals surface area contributed by atoms with Crippen molar-refractivity contribution in [3.05, 3.63) is 53.8 Å². The van der Waals surface area contributed by atoms with E-state index in [0.717, 1.165) is 41.3 Å². The van der Waals surface area contributed by atoms with Gasteiger partial charge in [0.1, 0.15) is 6.04 Å². The second-order valence-electron chi connectivity index (χ2n) is 6.88. The van der Waals surface area contributed by atoms with Crippen LogP contribution in [0.3, 0.4) is 0 Å². The Morgan fingerprint density at radius 3 is 2.54 bits per heavy atom. The van der Waals surface area contributed by atoms with Gasteiger partial charge in [-0.05, 0) is 36.9 Å². The summed E-state index contributed by atoms with van der Waals surface area (Å²) in [6.07, 6.45) is 3.52. The van der Waals surface area contributed by atoms with Crippen LogP contribution in [-0.4, -0.2) is 58.7 Å². The van der Waals surface area contributed by atoms with Gasteiger partial charge in [0, 0.05) is 42.6 Å². The van der Waals surface area contributed by atoms with E-state index in [9.17, 15) is 4.79 Å². The standard InChI is InChI=1S/C20H21ClN6O/c1-26-10-11-27(12-16(26)19(22)28)20-17(13-6-8-23-9-7-13)18(24-25-20)14-2-4-15(21)5-3-14/h2-9,16H,10-12H2,1H3,(H2,22,28)(H,24,25). The topological polar surface area (TPSA) is 91.1 Å². The van der Waals surface area contributed by atoms with Crippen LogP contribution in [-0.2, 0) is 4.79 Å². The summed E-state index contributed by atoms with van der Waals surface area (Å²) >= 11 is 6.05. The minimum absolute atomic E-state index is 0.328. The van der Waals surface area contributed by atoms with E-state index in [0.29, 0.717) is 11.6 Å². The zero-order chi connectivity index (χ0) is 19.7. The van der Waals surface area contributed by atoms with Crippen molar-refractivity contribution in [2.45, 2.75) is 6.04 Å². The van der Waals surface area contributed by atoms with Crippen LogP contribution in [0.2, 0.25) is 5.02 Å². The lowest BCUT2D eigenvalue weighted by atomic mass is 10.0. The summed E-state index contributed by atoms with van der Waals surface area (Å²) in [6.45, 7) is 1.98. The fourth-order valence-electron chi connectivity index (χ4n) is 3.55. The summed E-state index contributed by atoms with van der Waals surface area (Å²) in [7, 11) is 1.92. The average Bonchev–Trinajstić information content (AvgIpc) is 3.14. The molecule has 3 heterocycles. The molecule has 4 rings (SSSR count). The van der Waals surface area contributed by atoms with Gasteiger partial charge in [-0.2, -0.15) is 5.10 Å². The van der Waals surface area contributed by atoms with Crippen molar-refractivity contribution in [1.82, 2.24) is 20.1 Å². The molecule has 3 aromatic rings. The maximum atomic E-state index is 11.9. The summed E-state index contributed by atoms with van der Waals surface area (Å²) in [5.41, 5.74) is 9.45. The third-order valence-electron chi connectivity index (χ3n) is 5.13. The van der Waals surface area contributed by atoms with Crippen molar-refractivity contribution in [1.29, 1.82) is 0 Å². The van der Waals surface area contributed by atoms with Gasteiger partial charge in [0.15, 0.2) is 5.82 Å². The fourth-order valence-corrected chi connectivity index (χ4v) is 3.68. The number of aromatic amines is 1. The van der Waals surface area contributed by atoms with Gasteiger partial charge in [-0.3, -0.25) is 19.8 Å². The van der Waals surface area contributed by atoms with Gasteiger partial charge in [-0.25, -0.2) is 0 Å². The normalized spacial score (nSPS) is 17.6. The smallest absolute Gasteiger partial charge is 0.236 e. The van der Waals surface area contributed by atoms with Crippen molar-refractivity contribution in [2.24, 2.45) is 5.73 Å². The molecule has 1 fully saturated rings. The average molecular weight is 397 g/mol. The van der Waals surface area contributed by atoms with Crippen LogP contribution in [0.1, 0.15) is 0 Å². The molecule has 0 bridgehead atoms. The Labute approximate surface area is 168 Å². The van der Waals surface area contributed by atoms with E-state index < -0.39 is 0 Å². The number of anilines is 1. The quantitative estimate of drug-likeness (QED) is 0.706. The number of piperazine rings is 1. The Morgan fingerprint density at radius 2 is 1.86 bits per heavy atom. The van der Waals surface area contributed by atoms with E-state index in [-0.39, 0.29) is 11.9 Å². The van der Waals surface area contributed by atoms with Crippen LogP contribution >= 0.6 is 11.6 Å². The predicted molar refractivity (Wildman–Crippen MR) is 110 cm³/mol. The molecule has 0 spiro atoms. The molecule has 1 amide bonds. The van der Waals surface area contributed by atoms with Crippen LogP contribution in [0.5, 0.6) is 0 Å². The molecule has 1 atom stereocenters. The number of hydrogen-bond acceptors (Lipinski definition) is 5. The molecular weight excluding hydrogens is 376 g/mol. The first kappa shape index (κ1) is 18.5. The number of halogens is 1. The van der Waals surface area contributed by atoms with Crippen molar-refractivity contribution in [3.63, 3.8) is 0 Å². The highest BCUT2D eigenvalue weighted by molar-refractivity contribution is 6.30. The first-order valence-electron chi connectivity index (χ1n) is 9.04. The van der Waals surface area contributed by atoms with Gasteiger partial charge in [0.2, 0.25) is 5.91 Å². The molecule has 0 aliphatic carbocycles. The van der Waals surface area contributed by atoms with E-state index in [4.69, 9.17) is 17.3 Å². The first-order chi connectivity index (χ1) is 13.5. The molecule has 1 aliphatic heterocycles. The number of carbonyl (C=O) groups excluding carboxylic acids is 1. The number of rotatable bonds is 4. The number of nitrogens with two attached hydrogens (primary N) is 1. The molecule has 144 valence electrons. The summed E-state index contributed by atoms with van der Waals surface area (Å²) < 4.78 is 0. The molecule has 28 heavy (non-hydrogen) atoms. The number of carbonyl (C=O) groups is 1. The second-order valence-corrected chi connectivity index (χ2v) is 7.32. The van der Waals surface area contributed by atoms with Gasteiger partial charge in [0.05, 0.1) is 11.3 Å². The molecule has 8 heteroatoms. The highest BCUT2D eigenvalue weighted by Crippen LogP contribution is 2.38. The lowest BCUT2D eigenvalue weighted by Crippen LogP contribution is -2.57. The van der Waals surface area contributed by atoms with E-state index in [1.165, 1.54) is 0 Å². The Bertz CT molecular complexity index is 972. The number of H-pyrrole nitrogens is 1. The highest BCUT2D eigenvalue weighted by atomic mass is 35.5. The van der Waals surface area contributed by atoms with E-state index in [2.05, 4.69) is 20.1 Å². The molecule has 7 nitrogen and oxygen atoms in total. The fraction of sp³-hybridized carbons (Fsp3) is 0.250. The minimum atomic E-state index is -0.352. The van der Waals surface area contributed by atoms with E-state index in [1.807, 2.05) is 48.3 Å². The van der Waals surface area contributed by atoms with Gasteiger partial charge < -0.3 is 10.6 Å². The van der Waals surface area contributed by atoms with Crippen molar-refractivity contribution < 1.29 is 4.79 Å². The Kier molecular flexibility index (Phi) is 5.02. The summed E-state index contributed by atoms with van der Waals surface area (Å²) in [6, 6.07) is 11.2. The number of likely N-dealkylation sites (N-methyl/N-ethyl adjacent to an activating group) is 1. The Morgan fingerprint density at radius 1 is 1.14 bits per heavy atom. The monoisotopic (exact) mass is 396 g/mol. The van der Waals surface area contributed by atoms with Gasteiger partial charge in [-0.1, -0.05) is 23.7 Å². The maximum Gasteiger partial charge on any atom is 0.236 e. The van der Waals surface area contributed by atoms with E-state index >= 15 is 0 Å². The number of benzene rings is 1. The zero-order valence-electron chi connectivity index (χ0n) is 15.5. The lowest BCUT2D eigenvalue weighted by molar-refractivity contribution is -0.122. The highest BCUT2D eigenvalue weighted by Gasteiger charge is 2.31. The molecule has 1 aromatic carbocycles. The van der Waals surface area contributed by atoms with Crippen molar-refractivity contribution in [3.8, 4) is 22.4 Å². The second kappa shape index (κ2) is 7.61. The van der Waals surface area contributed by atoms with E-state index in [1.54, 1.807) is 12.4 Å². The van der Waals surface area contributed by atoms with Gasteiger partial charge in [-0.15, -0.1) is 0 Å². The Balaban J connectivity index is 1.80. The molecule has 1 unspecified atom stereocenters. The molecule has 1 saturated heterocycles. The number of aromatic nitrogens is 3. The predicted octanol–water partition coefficient (Wildman–Crippen LogP) is 2.40. The van der Waals surface area contributed by atoms with Crippen LogP contribution in [0.4, 0.5) is 5.82 Å². The van der Waals surface area contributed by atoms with Gasteiger partial charge >= 0.3 is 0 Å². The summed E-state index contributed by atoms with van der Waals surface area (Å²) in [4.78, 5) is 20.1. The van der Waals surface area contributed by atoms with Crippen LogP contribution < -0.4 is 10.6 Å². The number of pyridine rings is 1. The van der Waals surface area contributed by atoms with Crippen molar-refractivity contribution in [2.75, 3.05) is 31.6 Å². The number of nitrogens with zero attached hydrogens (tertiary/aromatic N) is 4. The molecule has 0 saturated carbocycles. The van der Waals surface area contributed by atoms with Crippen LogP contribution in [0.15, 0.2) is 48.8 Å². The molecule has 1 aliphatic rings. The largest absolute Gasteiger partial charge is 0.368 e. The first-order valence-corrected chi connectivity index (χ1v) is 9.41. The number of hydrogen-bond donors (Lipinski definition) is 2. The lowest BCUT2D eigenvalue weighted by Gasteiger charge is -2.38. The third-order valence-corrected chi connectivity index (χ3v) is 5.38. The van der Waals surface area contributed by atoms with Crippen molar-refractivity contribution >= 4 is 23.3 Å². The van der Waals surface area contributed by atoms with Crippen LogP contribution in [0.25, 0.3) is 22.4 Å². The zero-order valence-corrected chi connectivity index (χ0v) is 16.2. The number of nitrogens with one attached hydrogen (secondary N) is 1. The Hall–Kier alpha value is -2.90. The SMILES string of the molecule is CN1CCN(c2n[nH]c(-c3ccc(Cl)cc3)c2-c2ccncc2)CC1C(N)=O. The maximum absolute atomic E-state index is 11.9. The summed E-state index contributed by atoms with van der Waals surface area (Å²) in [5, 5.41) is 8.47. The summed E-state index contributed by atoms with van der Waals surface area (Å²) in [5.74, 6) is 0.474. The molecule has 0 radical (unpaired) electrons. The molecule has 2 aromatic heterocycles. The minimum Gasteiger partial charge on any atom is -0.368 e. The van der Waals surface area contributed by atoms with Crippen LogP contribution in [0, 0.1) is 0 Å². The molecular formula is C20H21ClN6O. The molecule has 3 N–H and O–H groups in total. The number of amides is 1. The third kappa shape index (κ3) is 3.46. The number of primary amides is 1.